The molecule has 0 atom stereocenters. The highest BCUT2D eigenvalue weighted by Crippen LogP contribution is 2.02. The van der Waals surface area contributed by atoms with Gasteiger partial charge in [0.25, 0.3) is 0 Å². The van der Waals surface area contributed by atoms with Crippen LogP contribution in [0.3, 0.4) is 0 Å². The number of allylic oxidation sites excluding steroid dienone is 1. The van der Waals surface area contributed by atoms with Crippen LogP contribution in [0.5, 0.6) is 0 Å². The Hall–Kier alpha value is -0.780. The van der Waals surface area contributed by atoms with Gasteiger partial charge in [0.05, 0.1) is 0 Å². The van der Waals surface area contributed by atoms with Crippen molar-refractivity contribution in [2.24, 2.45) is 0 Å². The minimum atomic E-state index is 0.912. The Labute approximate surface area is 69.5 Å². The van der Waals surface area contributed by atoms with Crippen molar-refractivity contribution < 1.29 is 0 Å². The van der Waals surface area contributed by atoms with Gasteiger partial charge in [-0.25, -0.2) is 0 Å². The van der Waals surface area contributed by atoms with Crippen molar-refractivity contribution in [1.29, 1.82) is 0 Å². The fraction of sp³-hybridized carbons (Fsp3) is 0.500. The first-order valence-corrected chi connectivity index (χ1v) is 4.03. The minimum Gasteiger partial charge on any atom is -0.317 e. The van der Waals surface area contributed by atoms with Crippen LogP contribution in [0.2, 0.25) is 0 Å². The van der Waals surface area contributed by atoms with E-state index in [-0.39, 0.29) is 0 Å². The van der Waals surface area contributed by atoms with Gasteiger partial charge in [0, 0.05) is 0 Å². The summed E-state index contributed by atoms with van der Waals surface area (Å²) in [7, 11) is 0. The highest BCUT2D eigenvalue weighted by Gasteiger charge is 1.89. The van der Waals surface area contributed by atoms with E-state index in [1.807, 2.05) is 6.08 Å². The summed E-state index contributed by atoms with van der Waals surface area (Å²) in [4.78, 5) is 0. The molecule has 0 saturated carbocycles. The average Bonchev–Trinajstić information content (AvgIpc) is 2.01. The molecule has 1 nitrogen and oxygen atoms in total. The lowest BCUT2D eigenvalue weighted by Gasteiger charge is -2.01. The quantitative estimate of drug-likeness (QED) is 0.349. The molecule has 1 heteroatoms. The van der Waals surface area contributed by atoms with Gasteiger partial charge in [-0.05, 0) is 32.0 Å². The second-order valence-electron chi connectivity index (χ2n) is 2.47. The molecule has 0 bridgehead atoms. The highest BCUT2D eigenvalue weighted by molar-refractivity contribution is 5.01. The zero-order chi connectivity index (χ0) is 8.53. The first kappa shape index (κ1) is 10.2. The Bertz CT molecular complexity index is 152. The van der Waals surface area contributed by atoms with E-state index >= 15 is 0 Å². The maximum atomic E-state index is 3.92. The third-order valence-electron chi connectivity index (χ3n) is 1.44. The molecule has 0 aromatic rings. The molecular formula is C10H17N. The minimum absolute atomic E-state index is 0.912. The van der Waals surface area contributed by atoms with Crippen molar-refractivity contribution in [1.82, 2.24) is 5.32 Å². The van der Waals surface area contributed by atoms with Crippen LogP contribution in [0, 0.1) is 0 Å². The predicted octanol–water partition coefficient (Wildman–Crippen LogP) is 2.27. The van der Waals surface area contributed by atoms with Gasteiger partial charge in [-0.3, -0.25) is 0 Å². The van der Waals surface area contributed by atoms with Gasteiger partial charge < -0.3 is 5.32 Å². The Morgan fingerprint density at radius 1 is 1.64 bits per heavy atom. The highest BCUT2D eigenvalue weighted by atomic mass is 14.8. The smallest absolute Gasteiger partial charge is 0.00117 e. The summed E-state index contributed by atoms with van der Waals surface area (Å²) in [6.07, 6.45) is 3.87. The van der Waals surface area contributed by atoms with E-state index in [9.17, 15) is 0 Å². The molecule has 0 fully saturated rings. The van der Waals surface area contributed by atoms with Gasteiger partial charge in [-0.1, -0.05) is 25.7 Å². The first-order valence-electron chi connectivity index (χ1n) is 4.03. The molecule has 0 aromatic heterocycles. The molecule has 0 amide bonds. The van der Waals surface area contributed by atoms with Crippen LogP contribution in [-0.4, -0.2) is 13.1 Å². The third-order valence-corrected chi connectivity index (χ3v) is 1.44. The zero-order valence-corrected chi connectivity index (χ0v) is 7.32. The monoisotopic (exact) mass is 151 g/mol. The lowest BCUT2D eigenvalue weighted by molar-refractivity contribution is 0.709. The number of hydrogen-bond donors (Lipinski definition) is 1. The molecule has 0 heterocycles. The molecule has 0 aliphatic carbocycles. The number of rotatable bonds is 6. The lowest BCUT2D eigenvalue weighted by Crippen LogP contribution is -2.14. The van der Waals surface area contributed by atoms with Crippen LogP contribution in [0.15, 0.2) is 30.5 Å². The van der Waals surface area contributed by atoms with E-state index in [1.54, 1.807) is 0 Å². The molecule has 11 heavy (non-hydrogen) atoms. The van der Waals surface area contributed by atoms with Crippen molar-refractivity contribution in [2.45, 2.75) is 19.8 Å². The van der Waals surface area contributed by atoms with Gasteiger partial charge in [0.2, 0.25) is 0 Å². The molecule has 0 radical (unpaired) electrons. The largest absolute Gasteiger partial charge is 0.317 e. The number of hydrogen-bond acceptors (Lipinski definition) is 1. The van der Waals surface area contributed by atoms with Gasteiger partial charge in [0.1, 0.15) is 0 Å². The molecule has 0 aliphatic heterocycles. The Balaban J connectivity index is 3.29. The normalized spacial score (nSPS) is 8.82. The Kier molecular flexibility index (Phi) is 6.81. The van der Waals surface area contributed by atoms with Crippen LogP contribution in [-0.2, 0) is 0 Å². The van der Waals surface area contributed by atoms with Crippen LogP contribution < -0.4 is 5.32 Å². The summed E-state index contributed by atoms with van der Waals surface area (Å²) < 4.78 is 0. The third kappa shape index (κ3) is 7.11. The summed E-state index contributed by atoms with van der Waals surface area (Å²) in [5.74, 6) is 0. The Morgan fingerprint density at radius 3 is 2.91 bits per heavy atom. The van der Waals surface area contributed by atoms with E-state index in [0.717, 1.165) is 25.9 Å². The molecule has 62 valence electrons. The van der Waals surface area contributed by atoms with Crippen molar-refractivity contribution in [3.05, 3.63) is 30.5 Å². The summed E-state index contributed by atoms with van der Waals surface area (Å²) in [6.45, 7) is 11.6. The zero-order valence-electron chi connectivity index (χ0n) is 7.32. The maximum Gasteiger partial charge on any atom is -0.00117 e. The van der Waals surface area contributed by atoms with E-state index < -0.39 is 0 Å². The SMILES string of the molecule is C=C=CCC(=C)CCNCC. The lowest BCUT2D eigenvalue weighted by atomic mass is 10.1. The van der Waals surface area contributed by atoms with E-state index in [4.69, 9.17) is 0 Å². The van der Waals surface area contributed by atoms with Gasteiger partial charge in [-0.15, -0.1) is 5.73 Å². The van der Waals surface area contributed by atoms with Crippen molar-refractivity contribution in [2.75, 3.05) is 13.1 Å². The second-order valence-corrected chi connectivity index (χ2v) is 2.47. The summed E-state index contributed by atoms with van der Waals surface area (Å²) >= 11 is 0. The molecule has 0 rings (SSSR count). The van der Waals surface area contributed by atoms with Crippen LogP contribution in [0.1, 0.15) is 19.8 Å². The predicted molar refractivity (Wildman–Crippen MR) is 50.6 cm³/mol. The molecule has 0 spiro atoms. The molecule has 1 N–H and O–H groups in total. The molecule has 0 aliphatic rings. The average molecular weight is 151 g/mol. The van der Waals surface area contributed by atoms with Gasteiger partial charge >= 0.3 is 0 Å². The summed E-state index contributed by atoms with van der Waals surface area (Å²) in [5, 5.41) is 3.24. The van der Waals surface area contributed by atoms with Crippen molar-refractivity contribution in [3.63, 3.8) is 0 Å². The van der Waals surface area contributed by atoms with Crippen LogP contribution in [0.25, 0.3) is 0 Å². The molecule has 0 saturated heterocycles. The molecular weight excluding hydrogens is 134 g/mol. The van der Waals surface area contributed by atoms with Gasteiger partial charge in [-0.2, -0.15) is 0 Å². The van der Waals surface area contributed by atoms with Crippen LogP contribution in [0.4, 0.5) is 0 Å². The number of nitrogens with one attached hydrogen (secondary N) is 1. The van der Waals surface area contributed by atoms with E-state index in [0.29, 0.717) is 0 Å². The molecule has 0 aromatic carbocycles. The van der Waals surface area contributed by atoms with Crippen molar-refractivity contribution >= 4 is 0 Å². The Morgan fingerprint density at radius 2 is 2.36 bits per heavy atom. The summed E-state index contributed by atoms with van der Waals surface area (Å²) in [5.41, 5.74) is 3.97. The molecule has 0 unspecified atom stereocenters. The summed E-state index contributed by atoms with van der Waals surface area (Å²) in [6, 6.07) is 0. The fourth-order valence-corrected chi connectivity index (χ4v) is 0.761. The maximum absolute atomic E-state index is 3.92. The van der Waals surface area contributed by atoms with Crippen molar-refractivity contribution in [3.8, 4) is 0 Å². The van der Waals surface area contributed by atoms with Gasteiger partial charge in [0.15, 0.2) is 0 Å². The van der Waals surface area contributed by atoms with E-state index in [1.165, 1.54) is 5.57 Å². The standard InChI is InChI=1S/C10H17N/c1-4-6-7-10(3)8-9-11-5-2/h6,11H,1,3,5,7-9H2,2H3. The first-order chi connectivity index (χ1) is 5.31. The topological polar surface area (TPSA) is 12.0 Å². The van der Waals surface area contributed by atoms with Crippen LogP contribution >= 0.6 is 0 Å². The van der Waals surface area contributed by atoms with E-state index in [2.05, 4.69) is 31.1 Å². The fourth-order valence-electron chi connectivity index (χ4n) is 0.761. The second kappa shape index (κ2) is 7.33.